The van der Waals surface area contributed by atoms with Crippen LogP contribution in [0, 0.1) is 0 Å². The molecule has 6 nitrogen and oxygen atoms in total. The normalized spacial score (nSPS) is 10.7. The van der Waals surface area contributed by atoms with E-state index in [9.17, 15) is 18.0 Å². The third-order valence-corrected chi connectivity index (χ3v) is 4.89. The first-order valence-electron chi connectivity index (χ1n) is 8.72. The molecule has 0 aliphatic carbocycles. The lowest BCUT2D eigenvalue weighted by atomic mass is 10.2. The summed E-state index contributed by atoms with van der Waals surface area (Å²) in [6, 6.07) is 12.0. The molecule has 164 valence electrons. The standard InChI is InChI=1S/C20H17F3N4O2S.ClH/c1-24-17-11-13(8-10-25-17)12-30-19-16(3-2-9-26-19)18(28)27-14-4-6-15(7-5-14)29-20(21,22)23;/h2-11H,12H2,1H3,(H,24,25)(H,27,28);1H. The molecular formula is C20H18ClF3N4O2S. The summed E-state index contributed by atoms with van der Waals surface area (Å²) in [5.41, 5.74) is 1.71. The van der Waals surface area contributed by atoms with E-state index in [-0.39, 0.29) is 18.2 Å². The summed E-state index contributed by atoms with van der Waals surface area (Å²) < 4.78 is 40.6. The number of carbonyl (C=O) groups is 1. The van der Waals surface area contributed by atoms with Crippen LogP contribution < -0.4 is 15.4 Å². The lowest BCUT2D eigenvalue weighted by molar-refractivity contribution is -0.274. The molecule has 0 atom stereocenters. The molecule has 0 spiro atoms. The summed E-state index contributed by atoms with van der Waals surface area (Å²) in [6.45, 7) is 0. The van der Waals surface area contributed by atoms with Gasteiger partial charge in [-0.25, -0.2) is 9.97 Å². The van der Waals surface area contributed by atoms with Gasteiger partial charge < -0.3 is 15.4 Å². The van der Waals surface area contributed by atoms with Crippen LogP contribution in [0.4, 0.5) is 24.7 Å². The largest absolute Gasteiger partial charge is 0.573 e. The van der Waals surface area contributed by atoms with Crippen molar-refractivity contribution in [3.63, 3.8) is 0 Å². The molecule has 0 saturated carbocycles. The fourth-order valence-corrected chi connectivity index (χ4v) is 3.40. The van der Waals surface area contributed by atoms with Gasteiger partial charge in [-0.05, 0) is 54.1 Å². The highest BCUT2D eigenvalue weighted by atomic mass is 35.5. The van der Waals surface area contributed by atoms with E-state index in [0.29, 0.717) is 22.0 Å². The summed E-state index contributed by atoms with van der Waals surface area (Å²) in [7, 11) is 1.78. The van der Waals surface area contributed by atoms with Gasteiger partial charge in [0.25, 0.3) is 5.91 Å². The zero-order valence-electron chi connectivity index (χ0n) is 16.1. The number of anilines is 2. The first-order chi connectivity index (χ1) is 14.3. The molecule has 3 aromatic rings. The summed E-state index contributed by atoms with van der Waals surface area (Å²) in [4.78, 5) is 21.1. The minimum Gasteiger partial charge on any atom is -0.406 e. The van der Waals surface area contributed by atoms with E-state index >= 15 is 0 Å². The number of thioether (sulfide) groups is 1. The smallest absolute Gasteiger partial charge is 0.406 e. The summed E-state index contributed by atoms with van der Waals surface area (Å²) in [5.74, 6) is 0.542. The quantitative estimate of drug-likeness (QED) is 0.451. The number of hydrogen-bond donors (Lipinski definition) is 2. The van der Waals surface area contributed by atoms with Gasteiger partial charge in [-0.15, -0.1) is 37.3 Å². The van der Waals surface area contributed by atoms with Gasteiger partial charge in [-0.3, -0.25) is 4.79 Å². The van der Waals surface area contributed by atoms with E-state index in [2.05, 4.69) is 25.3 Å². The van der Waals surface area contributed by atoms with Crippen molar-refractivity contribution in [1.29, 1.82) is 0 Å². The minimum absolute atomic E-state index is 0. The van der Waals surface area contributed by atoms with Gasteiger partial charge in [0.05, 0.1) is 5.56 Å². The number of aromatic nitrogens is 2. The lowest BCUT2D eigenvalue weighted by Crippen LogP contribution is -2.17. The Balaban J connectivity index is 0.00000341. The maximum absolute atomic E-state index is 12.7. The molecule has 0 saturated heterocycles. The van der Waals surface area contributed by atoms with Crippen LogP contribution in [0.15, 0.2) is 66.0 Å². The zero-order chi connectivity index (χ0) is 21.6. The molecule has 1 amide bonds. The van der Waals surface area contributed by atoms with Gasteiger partial charge in [0, 0.05) is 30.9 Å². The van der Waals surface area contributed by atoms with Crippen molar-refractivity contribution < 1.29 is 22.7 Å². The maximum atomic E-state index is 12.7. The number of pyridine rings is 2. The van der Waals surface area contributed by atoms with Crippen LogP contribution >= 0.6 is 24.2 Å². The fraction of sp³-hybridized carbons (Fsp3) is 0.150. The molecule has 0 unspecified atom stereocenters. The fourth-order valence-electron chi connectivity index (χ4n) is 2.47. The van der Waals surface area contributed by atoms with E-state index in [1.54, 1.807) is 31.6 Å². The Labute approximate surface area is 187 Å². The molecule has 3 rings (SSSR count). The molecule has 1 aromatic carbocycles. The van der Waals surface area contributed by atoms with Crippen molar-refractivity contribution in [2.75, 3.05) is 17.7 Å². The molecule has 0 radical (unpaired) electrons. The number of carbonyl (C=O) groups excluding carboxylic acids is 1. The van der Waals surface area contributed by atoms with E-state index in [1.807, 2.05) is 12.1 Å². The molecule has 0 bridgehead atoms. The molecular weight excluding hydrogens is 453 g/mol. The Hall–Kier alpha value is -2.98. The van der Waals surface area contributed by atoms with Crippen LogP contribution in [0.25, 0.3) is 0 Å². The van der Waals surface area contributed by atoms with Gasteiger partial charge >= 0.3 is 6.36 Å². The third-order valence-electron chi connectivity index (χ3n) is 3.82. The van der Waals surface area contributed by atoms with Crippen LogP contribution in [0.5, 0.6) is 5.75 Å². The Morgan fingerprint density at radius 1 is 1.10 bits per heavy atom. The second-order valence-electron chi connectivity index (χ2n) is 5.97. The zero-order valence-corrected chi connectivity index (χ0v) is 17.8. The minimum atomic E-state index is -4.77. The van der Waals surface area contributed by atoms with E-state index in [4.69, 9.17) is 0 Å². The van der Waals surface area contributed by atoms with Crippen LogP contribution in [0.3, 0.4) is 0 Å². The SMILES string of the molecule is CNc1cc(CSc2ncccc2C(=O)Nc2ccc(OC(F)(F)F)cc2)ccn1.Cl. The second-order valence-corrected chi connectivity index (χ2v) is 6.93. The Bertz CT molecular complexity index is 1020. The number of nitrogens with one attached hydrogen (secondary N) is 2. The van der Waals surface area contributed by atoms with Gasteiger partial charge in [-0.2, -0.15) is 0 Å². The number of alkyl halides is 3. The molecule has 0 aliphatic rings. The Kier molecular flexibility index (Phi) is 8.52. The average Bonchev–Trinajstić information content (AvgIpc) is 2.73. The van der Waals surface area contributed by atoms with Gasteiger partial charge in [0.2, 0.25) is 0 Å². The number of ether oxygens (including phenoxy) is 1. The molecule has 0 aliphatic heterocycles. The summed E-state index contributed by atoms with van der Waals surface area (Å²) in [5, 5.41) is 6.16. The highest BCUT2D eigenvalue weighted by Crippen LogP contribution is 2.27. The van der Waals surface area contributed by atoms with E-state index in [1.165, 1.54) is 23.9 Å². The van der Waals surface area contributed by atoms with Gasteiger partial charge in [-0.1, -0.05) is 0 Å². The van der Waals surface area contributed by atoms with Crippen LogP contribution in [-0.2, 0) is 5.75 Å². The van der Waals surface area contributed by atoms with Gasteiger partial charge in [0.15, 0.2) is 0 Å². The molecule has 0 fully saturated rings. The maximum Gasteiger partial charge on any atom is 0.573 e. The van der Waals surface area contributed by atoms with E-state index < -0.39 is 12.3 Å². The lowest BCUT2D eigenvalue weighted by Gasteiger charge is -2.11. The number of amides is 1. The number of benzene rings is 1. The molecule has 2 heterocycles. The van der Waals surface area contributed by atoms with Crippen LogP contribution in [-0.4, -0.2) is 29.3 Å². The van der Waals surface area contributed by atoms with Crippen molar-refractivity contribution in [2.45, 2.75) is 17.1 Å². The summed E-state index contributed by atoms with van der Waals surface area (Å²) in [6.07, 6.45) is -1.48. The first-order valence-corrected chi connectivity index (χ1v) is 9.70. The third kappa shape index (κ3) is 7.34. The predicted molar refractivity (Wildman–Crippen MR) is 116 cm³/mol. The van der Waals surface area contributed by atoms with Crippen molar-refractivity contribution >= 4 is 41.6 Å². The van der Waals surface area contributed by atoms with Crippen molar-refractivity contribution in [1.82, 2.24) is 9.97 Å². The van der Waals surface area contributed by atoms with Crippen molar-refractivity contribution in [3.8, 4) is 5.75 Å². The van der Waals surface area contributed by atoms with Crippen molar-refractivity contribution in [2.24, 2.45) is 0 Å². The van der Waals surface area contributed by atoms with Crippen LogP contribution in [0.2, 0.25) is 0 Å². The number of nitrogens with zero attached hydrogens (tertiary/aromatic N) is 2. The Morgan fingerprint density at radius 2 is 1.84 bits per heavy atom. The molecule has 2 aromatic heterocycles. The highest BCUT2D eigenvalue weighted by Gasteiger charge is 2.31. The Morgan fingerprint density at radius 3 is 2.52 bits per heavy atom. The molecule has 2 N–H and O–H groups in total. The van der Waals surface area contributed by atoms with Crippen LogP contribution in [0.1, 0.15) is 15.9 Å². The topological polar surface area (TPSA) is 76.1 Å². The number of hydrogen-bond acceptors (Lipinski definition) is 6. The summed E-state index contributed by atoms with van der Waals surface area (Å²) >= 11 is 1.39. The first kappa shape index (κ1) is 24.3. The highest BCUT2D eigenvalue weighted by molar-refractivity contribution is 7.98. The molecule has 31 heavy (non-hydrogen) atoms. The predicted octanol–water partition coefficient (Wildman–Crippen LogP) is 5.38. The average molecular weight is 471 g/mol. The van der Waals surface area contributed by atoms with E-state index in [0.717, 1.165) is 23.5 Å². The second kappa shape index (κ2) is 10.9. The number of rotatable bonds is 7. The van der Waals surface area contributed by atoms with Gasteiger partial charge in [0.1, 0.15) is 16.6 Å². The monoisotopic (exact) mass is 470 g/mol. The number of halogens is 4. The van der Waals surface area contributed by atoms with Crippen molar-refractivity contribution in [3.05, 3.63) is 72.1 Å². The molecule has 11 heteroatoms.